The molecule has 1 atom stereocenters. The van der Waals surface area contributed by atoms with Gasteiger partial charge in [0.2, 0.25) is 11.7 Å². The van der Waals surface area contributed by atoms with E-state index >= 15 is 0 Å². The molecule has 42 heavy (non-hydrogen) atoms. The van der Waals surface area contributed by atoms with Gasteiger partial charge >= 0.3 is 0 Å². The van der Waals surface area contributed by atoms with Gasteiger partial charge in [-0.3, -0.25) is 18.8 Å². The molecular formula is C29H33ClN10O2. The van der Waals surface area contributed by atoms with E-state index in [4.69, 9.17) is 16.7 Å². The van der Waals surface area contributed by atoms with Gasteiger partial charge in [-0.1, -0.05) is 17.7 Å². The molecule has 12 nitrogen and oxygen atoms in total. The van der Waals surface area contributed by atoms with Gasteiger partial charge in [-0.25, -0.2) is 14.6 Å². The first-order valence-electron chi connectivity index (χ1n) is 13.7. The van der Waals surface area contributed by atoms with Gasteiger partial charge < -0.3 is 15.1 Å². The van der Waals surface area contributed by atoms with E-state index in [0.29, 0.717) is 41.7 Å². The molecule has 4 aromatic heterocycles. The number of likely N-dealkylation sites (tertiary alicyclic amines) is 1. The number of halogens is 1. The standard InChI is InChI=1S/C29H33ClN10O2/c1-16-9-19(17(2)33-22-7-8-23(30)34-26(22)27-31-15-37(5)35-27)25-20(10-16)29(42)38(6)28-21(25)11-32-40(28)18-12-39(13-18)24(41)14-36(3)4/h7-11,15,17-18,33H,12-14H2,1-6H3. The zero-order valence-electron chi connectivity index (χ0n) is 24.5. The summed E-state index contributed by atoms with van der Waals surface area (Å²) < 4.78 is 5.18. The van der Waals surface area contributed by atoms with Crippen LogP contribution in [-0.4, -0.2) is 83.5 Å². The topological polar surface area (TPSA) is 119 Å². The van der Waals surface area contributed by atoms with E-state index in [0.717, 1.165) is 33.2 Å². The summed E-state index contributed by atoms with van der Waals surface area (Å²) in [5.41, 5.74) is 3.84. The third-order valence-corrected chi connectivity index (χ3v) is 7.94. The Kier molecular flexibility index (Phi) is 6.98. The molecule has 5 aromatic rings. The number of nitrogens with zero attached hydrogens (tertiary/aromatic N) is 9. The predicted molar refractivity (Wildman–Crippen MR) is 163 cm³/mol. The van der Waals surface area contributed by atoms with Crippen LogP contribution >= 0.6 is 11.6 Å². The number of pyridine rings is 2. The average molecular weight is 589 g/mol. The second-order valence-corrected chi connectivity index (χ2v) is 11.7. The van der Waals surface area contributed by atoms with Crippen LogP contribution in [0, 0.1) is 6.92 Å². The lowest BCUT2D eigenvalue weighted by atomic mass is 9.95. The Hall–Kier alpha value is -4.29. The molecule has 1 aromatic carbocycles. The first-order chi connectivity index (χ1) is 20.0. The Balaban J connectivity index is 1.42. The second kappa shape index (κ2) is 10.5. The molecule has 1 N–H and O–H groups in total. The summed E-state index contributed by atoms with van der Waals surface area (Å²) >= 11 is 6.25. The van der Waals surface area contributed by atoms with E-state index in [9.17, 15) is 9.59 Å². The third-order valence-electron chi connectivity index (χ3n) is 7.73. The van der Waals surface area contributed by atoms with Crippen LogP contribution in [0.3, 0.4) is 0 Å². The fourth-order valence-electron chi connectivity index (χ4n) is 5.70. The van der Waals surface area contributed by atoms with Crippen molar-refractivity contribution in [3.63, 3.8) is 0 Å². The zero-order chi connectivity index (χ0) is 29.9. The van der Waals surface area contributed by atoms with E-state index < -0.39 is 0 Å². The Bertz CT molecular complexity index is 1900. The minimum absolute atomic E-state index is 0.00492. The molecule has 13 heteroatoms. The number of hydrogen-bond donors (Lipinski definition) is 1. The highest BCUT2D eigenvalue weighted by Crippen LogP contribution is 2.35. The van der Waals surface area contributed by atoms with Crippen LogP contribution in [0.15, 0.2) is 41.6 Å². The van der Waals surface area contributed by atoms with Crippen molar-refractivity contribution in [3.05, 3.63) is 63.4 Å². The summed E-state index contributed by atoms with van der Waals surface area (Å²) in [5.74, 6) is 0.543. The Morgan fingerprint density at radius 2 is 1.95 bits per heavy atom. The zero-order valence-corrected chi connectivity index (χ0v) is 25.2. The number of likely N-dealkylation sites (N-methyl/N-ethyl adjacent to an activating group) is 1. The maximum atomic E-state index is 13.8. The number of rotatable bonds is 7. The molecule has 1 aliphatic rings. The largest absolute Gasteiger partial charge is 0.377 e. The molecule has 0 radical (unpaired) electrons. The van der Waals surface area contributed by atoms with Gasteiger partial charge in [0.05, 0.1) is 24.5 Å². The number of aryl methyl sites for hydroxylation is 3. The van der Waals surface area contributed by atoms with E-state index in [-0.39, 0.29) is 23.6 Å². The van der Waals surface area contributed by atoms with Crippen molar-refractivity contribution in [2.45, 2.75) is 25.9 Å². The molecule has 1 aliphatic heterocycles. The number of carbonyl (C=O) groups excluding carboxylic acids is 1. The summed E-state index contributed by atoms with van der Waals surface area (Å²) in [6, 6.07) is 7.39. The second-order valence-electron chi connectivity index (χ2n) is 11.3. The Labute approximate surface area is 247 Å². The molecule has 6 rings (SSSR count). The van der Waals surface area contributed by atoms with Gasteiger partial charge in [0.25, 0.3) is 5.56 Å². The van der Waals surface area contributed by atoms with Crippen molar-refractivity contribution >= 4 is 45.0 Å². The number of benzene rings is 1. The van der Waals surface area contributed by atoms with Crippen molar-refractivity contribution in [3.8, 4) is 11.5 Å². The molecule has 5 heterocycles. The lowest BCUT2D eigenvalue weighted by Gasteiger charge is -2.40. The molecule has 218 valence electrons. The van der Waals surface area contributed by atoms with Crippen molar-refractivity contribution in [2.24, 2.45) is 14.1 Å². The molecule has 1 saturated heterocycles. The van der Waals surface area contributed by atoms with Crippen molar-refractivity contribution in [1.82, 2.24) is 43.9 Å². The van der Waals surface area contributed by atoms with Gasteiger partial charge in [0.1, 0.15) is 22.8 Å². The van der Waals surface area contributed by atoms with Crippen LogP contribution < -0.4 is 10.9 Å². The first kappa shape index (κ1) is 27.9. The molecule has 0 saturated carbocycles. The van der Waals surface area contributed by atoms with Gasteiger partial charge in [-0.05, 0) is 57.3 Å². The van der Waals surface area contributed by atoms with Crippen molar-refractivity contribution < 1.29 is 4.79 Å². The van der Waals surface area contributed by atoms with Crippen molar-refractivity contribution in [2.75, 3.05) is 39.0 Å². The predicted octanol–water partition coefficient (Wildman–Crippen LogP) is 3.16. The average Bonchev–Trinajstić information content (AvgIpc) is 3.53. The normalized spacial score (nSPS) is 14.6. The number of anilines is 1. The number of aromatic nitrogens is 7. The number of fused-ring (bicyclic) bond motifs is 3. The van der Waals surface area contributed by atoms with E-state index in [1.165, 1.54) is 0 Å². The van der Waals surface area contributed by atoms with Crippen LogP contribution in [0.1, 0.15) is 30.1 Å². The summed E-state index contributed by atoms with van der Waals surface area (Å²) in [4.78, 5) is 38.8. The molecular weight excluding hydrogens is 556 g/mol. The van der Waals surface area contributed by atoms with Gasteiger partial charge in [0, 0.05) is 49.4 Å². The molecule has 1 unspecified atom stereocenters. The number of carbonyl (C=O) groups is 1. The summed E-state index contributed by atoms with van der Waals surface area (Å²) in [5, 5.41) is 15.4. The van der Waals surface area contributed by atoms with Crippen molar-refractivity contribution in [1.29, 1.82) is 0 Å². The monoisotopic (exact) mass is 588 g/mol. The number of nitrogens with one attached hydrogen (secondary N) is 1. The van der Waals surface area contributed by atoms with Crippen LogP contribution in [0.25, 0.3) is 33.3 Å². The van der Waals surface area contributed by atoms with E-state index in [2.05, 4.69) is 26.4 Å². The molecule has 1 fully saturated rings. The van der Waals surface area contributed by atoms with E-state index in [1.54, 1.807) is 35.7 Å². The minimum atomic E-state index is -0.223. The van der Waals surface area contributed by atoms with Crippen LogP contribution in [-0.2, 0) is 18.9 Å². The smallest absolute Gasteiger partial charge is 0.259 e. The van der Waals surface area contributed by atoms with Gasteiger partial charge in [-0.2, -0.15) is 5.10 Å². The fraction of sp³-hybridized carbons (Fsp3) is 0.379. The molecule has 1 amide bonds. The molecule has 0 spiro atoms. The lowest BCUT2D eigenvalue weighted by Crippen LogP contribution is -2.53. The maximum Gasteiger partial charge on any atom is 0.259 e. The van der Waals surface area contributed by atoms with Gasteiger partial charge in [-0.15, -0.1) is 5.10 Å². The van der Waals surface area contributed by atoms with E-state index in [1.807, 2.05) is 60.8 Å². The highest BCUT2D eigenvalue weighted by Gasteiger charge is 2.34. The Morgan fingerprint density at radius 1 is 1.19 bits per heavy atom. The summed E-state index contributed by atoms with van der Waals surface area (Å²) in [6.07, 6.45) is 3.45. The van der Waals surface area contributed by atoms with Crippen LogP contribution in [0.5, 0.6) is 0 Å². The SMILES string of the molecule is Cc1cc(C(C)Nc2ccc(Cl)nc2-c2ncn(C)n2)c2c(c1)c(=O)n(C)c1c2cnn1C1CN(C(=O)CN(C)C)C1. The molecule has 0 bridgehead atoms. The first-order valence-corrected chi connectivity index (χ1v) is 14.1. The fourth-order valence-corrected chi connectivity index (χ4v) is 5.85. The highest BCUT2D eigenvalue weighted by atomic mass is 35.5. The number of amides is 1. The van der Waals surface area contributed by atoms with Gasteiger partial charge in [0.15, 0.2) is 0 Å². The maximum absolute atomic E-state index is 13.8. The lowest BCUT2D eigenvalue weighted by molar-refractivity contribution is -0.137. The van der Waals surface area contributed by atoms with Crippen LogP contribution in [0.2, 0.25) is 5.15 Å². The summed E-state index contributed by atoms with van der Waals surface area (Å²) in [6.45, 7) is 5.52. The Morgan fingerprint density at radius 3 is 2.64 bits per heavy atom. The minimum Gasteiger partial charge on any atom is -0.377 e. The quantitative estimate of drug-likeness (QED) is 0.288. The summed E-state index contributed by atoms with van der Waals surface area (Å²) in [7, 11) is 7.34. The molecule has 0 aliphatic carbocycles. The highest BCUT2D eigenvalue weighted by molar-refractivity contribution is 6.29. The number of hydrogen-bond acceptors (Lipinski definition) is 8. The van der Waals surface area contributed by atoms with Crippen LogP contribution in [0.4, 0.5) is 5.69 Å². The third kappa shape index (κ3) is 4.80.